The van der Waals surface area contributed by atoms with Crippen LogP contribution in [0, 0.1) is 18.7 Å². The van der Waals surface area contributed by atoms with Gasteiger partial charge in [-0.1, -0.05) is 26.0 Å². The van der Waals surface area contributed by atoms with Crippen molar-refractivity contribution in [1.82, 2.24) is 5.32 Å². The summed E-state index contributed by atoms with van der Waals surface area (Å²) < 4.78 is 13.1. The van der Waals surface area contributed by atoms with E-state index in [1.807, 2.05) is 19.1 Å². The van der Waals surface area contributed by atoms with Gasteiger partial charge in [-0.2, -0.15) is 0 Å². The van der Waals surface area contributed by atoms with E-state index in [1.165, 1.54) is 24.8 Å². The molecular formula is C16H26FN. The molecule has 0 aliphatic heterocycles. The van der Waals surface area contributed by atoms with Gasteiger partial charge in [0.25, 0.3) is 0 Å². The summed E-state index contributed by atoms with van der Waals surface area (Å²) in [6, 6.07) is 5.46. The van der Waals surface area contributed by atoms with Gasteiger partial charge < -0.3 is 5.32 Å². The van der Waals surface area contributed by atoms with Crippen molar-refractivity contribution in [2.75, 3.05) is 13.1 Å². The van der Waals surface area contributed by atoms with Crippen LogP contribution in [0.1, 0.15) is 44.2 Å². The van der Waals surface area contributed by atoms with Crippen molar-refractivity contribution >= 4 is 0 Å². The Morgan fingerprint density at radius 1 is 1.22 bits per heavy atom. The lowest BCUT2D eigenvalue weighted by Crippen LogP contribution is -2.18. The summed E-state index contributed by atoms with van der Waals surface area (Å²) in [4.78, 5) is 0. The van der Waals surface area contributed by atoms with Crippen LogP contribution in [-0.2, 0) is 6.42 Å². The van der Waals surface area contributed by atoms with Crippen LogP contribution in [0.15, 0.2) is 18.2 Å². The monoisotopic (exact) mass is 251 g/mol. The minimum absolute atomic E-state index is 0.101. The van der Waals surface area contributed by atoms with Crippen molar-refractivity contribution in [1.29, 1.82) is 0 Å². The molecule has 1 unspecified atom stereocenters. The molecule has 0 fully saturated rings. The minimum Gasteiger partial charge on any atom is -0.317 e. The topological polar surface area (TPSA) is 12.0 Å². The summed E-state index contributed by atoms with van der Waals surface area (Å²) in [7, 11) is 0. The van der Waals surface area contributed by atoms with Gasteiger partial charge in [0.1, 0.15) is 5.82 Å². The van der Waals surface area contributed by atoms with Crippen LogP contribution in [-0.4, -0.2) is 13.1 Å². The zero-order valence-corrected chi connectivity index (χ0v) is 11.9. The van der Waals surface area contributed by atoms with Crippen LogP contribution in [0.2, 0.25) is 0 Å². The molecule has 0 spiro atoms. The summed E-state index contributed by atoms with van der Waals surface area (Å²) >= 11 is 0. The number of aryl methyl sites for hydroxylation is 2. The largest absolute Gasteiger partial charge is 0.317 e. The zero-order chi connectivity index (χ0) is 13.4. The Morgan fingerprint density at radius 2 is 2.00 bits per heavy atom. The second kappa shape index (κ2) is 8.25. The van der Waals surface area contributed by atoms with Gasteiger partial charge in [0, 0.05) is 0 Å². The summed E-state index contributed by atoms with van der Waals surface area (Å²) in [6.45, 7) is 8.54. The molecule has 0 saturated heterocycles. The number of rotatable bonds is 8. The number of nitrogens with one attached hydrogen (secondary N) is 1. The fourth-order valence-electron chi connectivity index (χ4n) is 2.07. The fourth-order valence-corrected chi connectivity index (χ4v) is 2.07. The third kappa shape index (κ3) is 5.63. The van der Waals surface area contributed by atoms with Gasteiger partial charge in [-0.3, -0.25) is 0 Å². The van der Waals surface area contributed by atoms with Gasteiger partial charge in [0.05, 0.1) is 0 Å². The van der Waals surface area contributed by atoms with Gasteiger partial charge in [-0.05, 0) is 68.8 Å². The molecule has 0 aliphatic carbocycles. The van der Waals surface area contributed by atoms with Crippen LogP contribution in [0.4, 0.5) is 4.39 Å². The highest BCUT2D eigenvalue weighted by Gasteiger charge is 2.04. The Morgan fingerprint density at radius 3 is 2.67 bits per heavy atom. The molecular weight excluding hydrogens is 225 g/mol. The molecule has 1 rings (SSSR count). The molecule has 102 valence electrons. The van der Waals surface area contributed by atoms with Crippen molar-refractivity contribution in [3.05, 3.63) is 35.1 Å². The molecule has 1 N–H and O–H groups in total. The molecule has 0 bridgehead atoms. The van der Waals surface area contributed by atoms with E-state index in [4.69, 9.17) is 0 Å². The molecule has 1 aromatic carbocycles. The van der Waals surface area contributed by atoms with Crippen LogP contribution >= 0.6 is 0 Å². The number of halogens is 1. The van der Waals surface area contributed by atoms with E-state index in [2.05, 4.69) is 19.2 Å². The maximum atomic E-state index is 13.1. The molecule has 2 heteroatoms. The lowest BCUT2D eigenvalue weighted by atomic mass is 9.97. The first kappa shape index (κ1) is 15.2. The molecule has 0 amide bonds. The number of hydrogen-bond acceptors (Lipinski definition) is 1. The molecule has 0 radical (unpaired) electrons. The van der Waals surface area contributed by atoms with Crippen molar-refractivity contribution in [3.8, 4) is 0 Å². The molecule has 0 heterocycles. The minimum atomic E-state index is -0.101. The Labute approximate surface area is 111 Å². The molecule has 1 atom stereocenters. The second-order valence-electron chi connectivity index (χ2n) is 5.27. The summed E-state index contributed by atoms with van der Waals surface area (Å²) in [5, 5.41) is 3.43. The third-order valence-electron chi connectivity index (χ3n) is 3.39. The van der Waals surface area contributed by atoms with E-state index in [9.17, 15) is 4.39 Å². The molecule has 0 aliphatic rings. The standard InChI is InChI=1S/C16H26FN/c1-4-10-18-11-9-13(2)5-6-15-7-8-16(17)14(3)12-15/h7-8,12-13,18H,4-6,9-11H2,1-3H3. The Kier molecular flexibility index (Phi) is 6.96. The average molecular weight is 251 g/mol. The van der Waals surface area contributed by atoms with Crippen molar-refractivity contribution in [2.45, 2.75) is 46.5 Å². The quantitative estimate of drug-likeness (QED) is 0.686. The molecule has 0 aromatic heterocycles. The lowest BCUT2D eigenvalue weighted by Gasteiger charge is -2.12. The van der Waals surface area contributed by atoms with Crippen molar-refractivity contribution in [3.63, 3.8) is 0 Å². The van der Waals surface area contributed by atoms with Gasteiger partial charge in [0.15, 0.2) is 0 Å². The molecule has 18 heavy (non-hydrogen) atoms. The maximum Gasteiger partial charge on any atom is 0.126 e. The lowest BCUT2D eigenvalue weighted by molar-refractivity contribution is 0.470. The van der Waals surface area contributed by atoms with Gasteiger partial charge in [0.2, 0.25) is 0 Å². The third-order valence-corrected chi connectivity index (χ3v) is 3.39. The average Bonchev–Trinajstić information content (AvgIpc) is 2.36. The first-order valence-corrected chi connectivity index (χ1v) is 7.09. The highest BCUT2D eigenvalue weighted by Crippen LogP contribution is 2.15. The Hall–Kier alpha value is -0.890. The highest BCUT2D eigenvalue weighted by atomic mass is 19.1. The van der Waals surface area contributed by atoms with E-state index in [0.29, 0.717) is 0 Å². The molecule has 0 saturated carbocycles. The van der Waals surface area contributed by atoms with E-state index >= 15 is 0 Å². The Balaban J connectivity index is 2.24. The molecule has 1 nitrogen and oxygen atoms in total. The zero-order valence-electron chi connectivity index (χ0n) is 11.9. The van der Waals surface area contributed by atoms with E-state index in [0.717, 1.165) is 31.0 Å². The van der Waals surface area contributed by atoms with Crippen LogP contribution in [0.25, 0.3) is 0 Å². The van der Waals surface area contributed by atoms with Crippen molar-refractivity contribution < 1.29 is 4.39 Å². The fraction of sp³-hybridized carbons (Fsp3) is 0.625. The Bertz CT molecular complexity index is 349. The molecule has 1 aromatic rings. The predicted molar refractivity (Wildman–Crippen MR) is 76.4 cm³/mol. The van der Waals surface area contributed by atoms with Crippen LogP contribution in [0.3, 0.4) is 0 Å². The highest BCUT2D eigenvalue weighted by molar-refractivity contribution is 5.23. The van der Waals surface area contributed by atoms with E-state index in [-0.39, 0.29) is 5.82 Å². The number of benzene rings is 1. The maximum absolute atomic E-state index is 13.1. The second-order valence-corrected chi connectivity index (χ2v) is 5.27. The van der Waals surface area contributed by atoms with Gasteiger partial charge >= 0.3 is 0 Å². The smallest absolute Gasteiger partial charge is 0.126 e. The summed E-state index contributed by atoms with van der Waals surface area (Å²) in [5.41, 5.74) is 2.01. The van der Waals surface area contributed by atoms with E-state index < -0.39 is 0 Å². The van der Waals surface area contributed by atoms with Crippen molar-refractivity contribution in [2.24, 2.45) is 5.92 Å². The normalized spacial score (nSPS) is 12.7. The number of hydrogen-bond donors (Lipinski definition) is 1. The SMILES string of the molecule is CCCNCCC(C)CCc1ccc(F)c(C)c1. The first-order chi connectivity index (χ1) is 8.63. The van der Waals surface area contributed by atoms with Crippen LogP contribution < -0.4 is 5.32 Å². The summed E-state index contributed by atoms with van der Waals surface area (Å²) in [6.07, 6.45) is 4.65. The summed E-state index contributed by atoms with van der Waals surface area (Å²) in [5.74, 6) is 0.621. The van der Waals surface area contributed by atoms with E-state index in [1.54, 1.807) is 6.07 Å². The van der Waals surface area contributed by atoms with Gasteiger partial charge in [-0.15, -0.1) is 0 Å². The first-order valence-electron chi connectivity index (χ1n) is 7.09. The predicted octanol–water partition coefficient (Wildman–Crippen LogP) is 4.09. The van der Waals surface area contributed by atoms with Crippen LogP contribution in [0.5, 0.6) is 0 Å². The van der Waals surface area contributed by atoms with Gasteiger partial charge in [-0.25, -0.2) is 4.39 Å².